The molecule has 0 aliphatic carbocycles. The van der Waals surface area contributed by atoms with Crippen molar-refractivity contribution in [2.75, 3.05) is 47.5 Å². The second-order valence-corrected chi connectivity index (χ2v) is 8.20. The number of phosphoric acid groups is 1. The molecule has 0 fully saturated rings. The van der Waals surface area contributed by atoms with Crippen molar-refractivity contribution in [1.29, 1.82) is 0 Å². The minimum Gasteiger partial charge on any atom is -0.462 e. The van der Waals surface area contributed by atoms with Crippen molar-refractivity contribution in [2.45, 2.75) is 33.6 Å². The van der Waals surface area contributed by atoms with Gasteiger partial charge in [0.15, 0.2) is 0 Å². The highest BCUT2D eigenvalue weighted by Gasteiger charge is 2.39. The van der Waals surface area contributed by atoms with Gasteiger partial charge < -0.3 is 14.1 Å². The van der Waals surface area contributed by atoms with E-state index in [9.17, 15) is 19.0 Å². The van der Waals surface area contributed by atoms with Crippen LogP contribution in [0.15, 0.2) is 0 Å². The predicted molar refractivity (Wildman–Crippen MR) is 89.3 cm³/mol. The van der Waals surface area contributed by atoms with Crippen molar-refractivity contribution in [3.8, 4) is 0 Å². The molecular weight excluding hydrogens is 337 g/mol. The van der Waals surface area contributed by atoms with Gasteiger partial charge in [-0.2, -0.15) is 0 Å². The van der Waals surface area contributed by atoms with Crippen LogP contribution in [0, 0.1) is 5.41 Å². The summed E-state index contributed by atoms with van der Waals surface area (Å²) in [5, 5.41) is 0. The molecule has 142 valence electrons. The number of ketones is 1. The van der Waals surface area contributed by atoms with Crippen LogP contribution in [0.4, 0.5) is 0 Å². The van der Waals surface area contributed by atoms with Crippen LogP contribution in [-0.4, -0.2) is 68.6 Å². The maximum Gasteiger partial charge on any atom is 0.472 e. The molecule has 8 nitrogen and oxygen atoms in total. The van der Waals surface area contributed by atoms with Gasteiger partial charge in [-0.15, -0.1) is 0 Å². The number of rotatable bonds is 12. The first-order valence-electron chi connectivity index (χ1n) is 8.01. The summed E-state index contributed by atoms with van der Waals surface area (Å²) in [5.74, 6) is -0.855. The van der Waals surface area contributed by atoms with Crippen LogP contribution < -0.4 is 0 Å². The number of nitrogens with zero attached hydrogens (tertiary/aromatic N) is 1. The molecular formula is C15H31NO7P+. The minimum absolute atomic E-state index is 0.0654. The zero-order chi connectivity index (χ0) is 19.0. The molecule has 0 aromatic carbocycles. The Bertz CT molecular complexity index is 475. The first-order chi connectivity index (χ1) is 10.9. The number of quaternary nitrogens is 1. The lowest BCUT2D eigenvalue weighted by Gasteiger charge is -2.24. The monoisotopic (exact) mass is 368 g/mol. The Labute approximate surface area is 144 Å². The van der Waals surface area contributed by atoms with Gasteiger partial charge in [0.1, 0.15) is 31.0 Å². The Kier molecular flexibility index (Phi) is 9.31. The van der Waals surface area contributed by atoms with Gasteiger partial charge >= 0.3 is 13.8 Å². The molecule has 0 heterocycles. The Morgan fingerprint density at radius 1 is 1.08 bits per heavy atom. The number of likely N-dealkylation sites (N-methyl/N-ethyl adjacent to an activating group) is 1. The van der Waals surface area contributed by atoms with Gasteiger partial charge in [0.05, 0.1) is 27.7 Å². The molecule has 0 aliphatic rings. The third-order valence-corrected chi connectivity index (χ3v) is 4.70. The largest absolute Gasteiger partial charge is 0.472 e. The molecule has 0 bridgehead atoms. The average molecular weight is 368 g/mol. The lowest BCUT2D eigenvalue weighted by atomic mass is 9.82. The number of ether oxygens (including phenoxy) is 1. The zero-order valence-electron chi connectivity index (χ0n) is 15.5. The zero-order valence-corrected chi connectivity index (χ0v) is 16.4. The Hall–Kier alpha value is -0.790. The molecule has 0 saturated heterocycles. The fourth-order valence-corrected chi connectivity index (χ4v) is 2.45. The number of carbonyl (C=O) groups is 2. The molecule has 0 radical (unpaired) electrons. The van der Waals surface area contributed by atoms with Gasteiger partial charge in [0, 0.05) is 6.42 Å². The summed E-state index contributed by atoms with van der Waals surface area (Å²) in [4.78, 5) is 33.4. The number of hydrogen-bond acceptors (Lipinski definition) is 6. The normalized spacial score (nSPS) is 17.0. The van der Waals surface area contributed by atoms with E-state index in [1.807, 2.05) is 21.1 Å². The second kappa shape index (κ2) is 9.63. The third-order valence-electron chi connectivity index (χ3n) is 3.68. The number of Topliss-reactive ketones (excluding diaryl/α,β-unsaturated/α-hetero) is 1. The fraction of sp³-hybridized carbons (Fsp3) is 0.867. The summed E-state index contributed by atoms with van der Waals surface area (Å²) in [5.41, 5.74) is -1.20. The Morgan fingerprint density at radius 2 is 1.62 bits per heavy atom. The van der Waals surface area contributed by atoms with Crippen molar-refractivity contribution in [3.63, 3.8) is 0 Å². The van der Waals surface area contributed by atoms with Crippen LogP contribution in [0.25, 0.3) is 0 Å². The average Bonchev–Trinajstić information content (AvgIpc) is 2.47. The number of esters is 1. The maximum atomic E-state index is 12.0. The van der Waals surface area contributed by atoms with Gasteiger partial charge in [0.2, 0.25) is 0 Å². The van der Waals surface area contributed by atoms with Crippen molar-refractivity contribution in [1.82, 2.24) is 0 Å². The van der Waals surface area contributed by atoms with Gasteiger partial charge in [-0.25, -0.2) is 4.57 Å². The van der Waals surface area contributed by atoms with E-state index < -0.39 is 19.2 Å². The molecule has 0 aromatic rings. The number of carbonyl (C=O) groups excluding carboxylic acids is 2. The maximum absolute atomic E-state index is 12.0. The topological polar surface area (TPSA) is 99.1 Å². The van der Waals surface area contributed by atoms with E-state index in [-0.39, 0.29) is 32.0 Å². The van der Waals surface area contributed by atoms with E-state index in [1.165, 1.54) is 6.92 Å². The quantitative estimate of drug-likeness (QED) is 0.184. The summed E-state index contributed by atoms with van der Waals surface area (Å²) in [6.45, 7) is 5.04. The summed E-state index contributed by atoms with van der Waals surface area (Å²) in [6, 6.07) is 0. The van der Waals surface area contributed by atoms with E-state index in [0.717, 1.165) is 0 Å². The molecule has 0 aromatic heterocycles. The SMILES string of the molecule is CCC(=O)C(C)(CC)C(=O)OCCOP(=O)(O)OCC[N+](C)(C)C. The van der Waals surface area contributed by atoms with Crippen LogP contribution in [0.2, 0.25) is 0 Å². The van der Waals surface area contributed by atoms with E-state index in [4.69, 9.17) is 13.8 Å². The van der Waals surface area contributed by atoms with Crippen LogP contribution in [-0.2, 0) is 27.9 Å². The van der Waals surface area contributed by atoms with E-state index >= 15 is 0 Å². The molecule has 0 aliphatic heterocycles. The highest BCUT2D eigenvalue weighted by molar-refractivity contribution is 7.47. The summed E-state index contributed by atoms with van der Waals surface area (Å²) in [6.07, 6.45) is 0.563. The molecule has 0 spiro atoms. The molecule has 1 N–H and O–H groups in total. The molecule has 2 atom stereocenters. The standard InChI is InChI=1S/C15H30NO7P/c1-7-13(17)15(3,8-2)14(18)21-11-12-23-24(19,20)22-10-9-16(4,5)6/h7-12H2,1-6H3/p+1. The van der Waals surface area contributed by atoms with Crippen LogP contribution >= 0.6 is 7.82 Å². The van der Waals surface area contributed by atoms with E-state index in [2.05, 4.69) is 0 Å². The summed E-state index contributed by atoms with van der Waals surface area (Å²) >= 11 is 0. The molecule has 9 heteroatoms. The van der Waals surface area contributed by atoms with Crippen molar-refractivity contribution >= 4 is 19.6 Å². The number of hydrogen-bond donors (Lipinski definition) is 1. The lowest BCUT2D eigenvalue weighted by Crippen LogP contribution is -2.37. The Morgan fingerprint density at radius 3 is 2.08 bits per heavy atom. The van der Waals surface area contributed by atoms with Gasteiger partial charge in [-0.05, 0) is 13.3 Å². The van der Waals surface area contributed by atoms with Crippen LogP contribution in [0.3, 0.4) is 0 Å². The van der Waals surface area contributed by atoms with Crippen molar-refractivity contribution < 1.29 is 37.3 Å². The van der Waals surface area contributed by atoms with Crippen LogP contribution in [0.1, 0.15) is 33.6 Å². The fourth-order valence-electron chi connectivity index (χ4n) is 1.76. The van der Waals surface area contributed by atoms with Crippen molar-refractivity contribution in [3.05, 3.63) is 0 Å². The van der Waals surface area contributed by atoms with E-state index in [0.29, 0.717) is 17.4 Å². The summed E-state index contributed by atoms with van der Waals surface area (Å²) in [7, 11) is 1.60. The molecule has 2 unspecified atom stereocenters. The number of phosphoric ester groups is 1. The van der Waals surface area contributed by atoms with Crippen LogP contribution in [0.5, 0.6) is 0 Å². The molecule has 0 amide bonds. The van der Waals surface area contributed by atoms with Crippen molar-refractivity contribution in [2.24, 2.45) is 5.41 Å². The van der Waals surface area contributed by atoms with Gasteiger partial charge in [-0.1, -0.05) is 13.8 Å². The molecule has 24 heavy (non-hydrogen) atoms. The Balaban J connectivity index is 4.26. The minimum atomic E-state index is -4.18. The molecule has 0 saturated carbocycles. The predicted octanol–water partition coefficient (Wildman–Crippen LogP) is 1.76. The van der Waals surface area contributed by atoms with Gasteiger partial charge in [0.25, 0.3) is 0 Å². The second-order valence-electron chi connectivity index (χ2n) is 6.75. The van der Waals surface area contributed by atoms with E-state index in [1.54, 1.807) is 13.8 Å². The molecule has 0 rings (SSSR count). The highest BCUT2D eigenvalue weighted by Crippen LogP contribution is 2.42. The summed E-state index contributed by atoms with van der Waals surface area (Å²) < 4.78 is 26.8. The smallest absolute Gasteiger partial charge is 0.462 e. The lowest BCUT2D eigenvalue weighted by molar-refractivity contribution is -0.870. The third kappa shape index (κ3) is 8.35. The highest BCUT2D eigenvalue weighted by atomic mass is 31.2. The van der Waals surface area contributed by atoms with Gasteiger partial charge in [-0.3, -0.25) is 18.6 Å². The first-order valence-corrected chi connectivity index (χ1v) is 9.50. The first kappa shape index (κ1) is 23.2.